The van der Waals surface area contributed by atoms with E-state index in [4.69, 9.17) is 9.47 Å². The van der Waals surface area contributed by atoms with Crippen LogP contribution in [0.2, 0.25) is 0 Å². The van der Waals surface area contributed by atoms with Crippen LogP contribution in [0.3, 0.4) is 0 Å². The third-order valence-corrected chi connectivity index (χ3v) is 4.90. The SMILES string of the molecule is CCOC(=O)C1(C(=O)OCC)N[C@H](c2ccccc2C)[C@H](C=O)[C@H]1C. The standard InChI is InChI=1S/C19H25NO5/c1-5-24-17(22)19(18(23)25-6-2)13(4)15(11-21)16(20-19)14-10-8-7-9-12(14)3/h7-11,13,15-16,20H,5-6H2,1-4H3/t13-,15-,16-/m1/s1. The van der Waals surface area contributed by atoms with Gasteiger partial charge in [0.05, 0.1) is 13.2 Å². The third kappa shape index (κ3) is 3.18. The van der Waals surface area contributed by atoms with Gasteiger partial charge in [-0.05, 0) is 31.9 Å². The quantitative estimate of drug-likeness (QED) is 0.481. The lowest BCUT2D eigenvalue weighted by Crippen LogP contribution is -2.60. The van der Waals surface area contributed by atoms with Gasteiger partial charge in [-0.1, -0.05) is 31.2 Å². The van der Waals surface area contributed by atoms with Gasteiger partial charge in [0.1, 0.15) is 6.29 Å². The van der Waals surface area contributed by atoms with Gasteiger partial charge in [0.25, 0.3) is 0 Å². The molecule has 1 aromatic carbocycles. The maximum absolute atomic E-state index is 12.7. The maximum atomic E-state index is 12.7. The van der Waals surface area contributed by atoms with E-state index < -0.39 is 35.4 Å². The number of carbonyl (C=O) groups is 3. The van der Waals surface area contributed by atoms with E-state index in [1.807, 2.05) is 31.2 Å². The van der Waals surface area contributed by atoms with Crippen LogP contribution < -0.4 is 5.32 Å². The summed E-state index contributed by atoms with van der Waals surface area (Å²) >= 11 is 0. The summed E-state index contributed by atoms with van der Waals surface area (Å²) in [6.07, 6.45) is 0.801. The van der Waals surface area contributed by atoms with Gasteiger partial charge >= 0.3 is 11.9 Å². The fourth-order valence-electron chi connectivity index (χ4n) is 3.53. The van der Waals surface area contributed by atoms with Gasteiger partial charge in [0.15, 0.2) is 0 Å². The molecule has 136 valence electrons. The van der Waals surface area contributed by atoms with Gasteiger partial charge in [0.2, 0.25) is 5.54 Å². The molecule has 0 aliphatic carbocycles. The minimum atomic E-state index is -1.69. The van der Waals surface area contributed by atoms with Crippen LogP contribution in [-0.2, 0) is 23.9 Å². The monoisotopic (exact) mass is 347 g/mol. The minimum absolute atomic E-state index is 0.134. The summed E-state index contributed by atoms with van der Waals surface area (Å²) in [4.78, 5) is 37.2. The molecule has 2 rings (SSSR count). The number of aldehydes is 1. The van der Waals surface area contributed by atoms with E-state index >= 15 is 0 Å². The van der Waals surface area contributed by atoms with Crippen molar-refractivity contribution in [1.82, 2.24) is 5.32 Å². The van der Waals surface area contributed by atoms with E-state index in [1.54, 1.807) is 20.8 Å². The van der Waals surface area contributed by atoms with Crippen molar-refractivity contribution in [3.8, 4) is 0 Å². The zero-order valence-electron chi connectivity index (χ0n) is 15.1. The number of carbonyl (C=O) groups excluding carboxylic acids is 3. The molecule has 1 heterocycles. The van der Waals surface area contributed by atoms with E-state index in [9.17, 15) is 14.4 Å². The lowest BCUT2D eigenvalue weighted by Gasteiger charge is -2.29. The maximum Gasteiger partial charge on any atom is 0.338 e. The largest absolute Gasteiger partial charge is 0.464 e. The summed E-state index contributed by atoms with van der Waals surface area (Å²) in [6, 6.07) is 7.12. The third-order valence-electron chi connectivity index (χ3n) is 4.90. The molecular weight excluding hydrogens is 322 g/mol. The summed E-state index contributed by atoms with van der Waals surface area (Å²) in [5, 5.41) is 3.10. The van der Waals surface area contributed by atoms with E-state index in [-0.39, 0.29) is 13.2 Å². The Labute approximate surface area is 147 Å². The Kier molecular flexibility index (Phi) is 5.95. The molecule has 1 aromatic rings. The van der Waals surface area contributed by atoms with Gasteiger partial charge in [-0.3, -0.25) is 5.32 Å². The van der Waals surface area contributed by atoms with Gasteiger partial charge < -0.3 is 14.3 Å². The molecule has 6 nitrogen and oxygen atoms in total. The zero-order chi connectivity index (χ0) is 18.6. The molecule has 25 heavy (non-hydrogen) atoms. The summed E-state index contributed by atoms with van der Waals surface area (Å²) in [6.45, 7) is 7.25. The molecule has 1 saturated heterocycles. The highest BCUT2D eigenvalue weighted by Crippen LogP contribution is 2.44. The van der Waals surface area contributed by atoms with Crippen LogP contribution in [0, 0.1) is 18.8 Å². The number of nitrogens with one attached hydrogen (secondary N) is 1. The highest BCUT2D eigenvalue weighted by Gasteiger charge is 2.62. The van der Waals surface area contributed by atoms with Crippen molar-refractivity contribution in [3.05, 3.63) is 35.4 Å². The smallest absolute Gasteiger partial charge is 0.338 e. The molecule has 1 fully saturated rings. The number of ether oxygens (including phenoxy) is 2. The number of hydrogen-bond acceptors (Lipinski definition) is 6. The van der Waals surface area contributed by atoms with Crippen molar-refractivity contribution in [3.63, 3.8) is 0 Å². The highest BCUT2D eigenvalue weighted by molar-refractivity contribution is 6.06. The zero-order valence-corrected chi connectivity index (χ0v) is 15.1. The van der Waals surface area contributed by atoms with Crippen LogP contribution in [0.25, 0.3) is 0 Å². The lowest BCUT2D eigenvalue weighted by molar-refractivity contribution is -0.168. The number of hydrogen-bond donors (Lipinski definition) is 1. The normalized spacial score (nSPS) is 24.6. The Morgan fingerprint density at radius 3 is 2.20 bits per heavy atom. The Hall–Kier alpha value is -2.21. The predicted octanol–water partition coefficient (Wildman–Crippen LogP) is 1.96. The van der Waals surface area contributed by atoms with Gasteiger partial charge in [-0.25, -0.2) is 9.59 Å². The molecule has 1 aliphatic rings. The van der Waals surface area contributed by atoms with Crippen LogP contribution in [0.1, 0.15) is 37.9 Å². The van der Waals surface area contributed by atoms with E-state index in [1.165, 1.54) is 0 Å². The molecule has 0 spiro atoms. The molecule has 0 amide bonds. The summed E-state index contributed by atoms with van der Waals surface area (Å²) in [7, 11) is 0. The first-order valence-electron chi connectivity index (χ1n) is 8.56. The fraction of sp³-hybridized carbons (Fsp3) is 0.526. The van der Waals surface area contributed by atoms with E-state index in [0.29, 0.717) is 0 Å². The molecule has 0 saturated carbocycles. The molecule has 0 radical (unpaired) electrons. The Morgan fingerprint density at radius 1 is 1.16 bits per heavy atom. The summed E-state index contributed by atoms with van der Waals surface area (Å²) < 4.78 is 10.3. The second-order valence-corrected chi connectivity index (χ2v) is 6.23. The van der Waals surface area contributed by atoms with Crippen LogP contribution in [0.5, 0.6) is 0 Å². The Balaban J connectivity index is 2.54. The molecule has 0 aromatic heterocycles. The average molecular weight is 347 g/mol. The second-order valence-electron chi connectivity index (χ2n) is 6.23. The van der Waals surface area contributed by atoms with Crippen molar-refractivity contribution in [2.75, 3.05) is 13.2 Å². The lowest BCUT2D eigenvalue weighted by atomic mass is 9.79. The Morgan fingerprint density at radius 2 is 1.72 bits per heavy atom. The van der Waals surface area contributed by atoms with Crippen LogP contribution >= 0.6 is 0 Å². The van der Waals surface area contributed by atoms with Crippen LogP contribution in [0.4, 0.5) is 0 Å². The van der Waals surface area contributed by atoms with Gasteiger partial charge in [0, 0.05) is 17.9 Å². The first-order chi connectivity index (χ1) is 11.9. The molecular formula is C19H25NO5. The topological polar surface area (TPSA) is 81.7 Å². The predicted molar refractivity (Wildman–Crippen MR) is 91.8 cm³/mol. The number of aryl methyl sites for hydroxylation is 1. The van der Waals surface area contributed by atoms with Crippen molar-refractivity contribution in [2.24, 2.45) is 11.8 Å². The van der Waals surface area contributed by atoms with Crippen molar-refractivity contribution >= 4 is 18.2 Å². The number of rotatable bonds is 6. The second kappa shape index (κ2) is 7.78. The molecule has 0 bridgehead atoms. The van der Waals surface area contributed by atoms with Gasteiger partial charge in [-0.15, -0.1) is 0 Å². The minimum Gasteiger partial charge on any atom is -0.464 e. The highest BCUT2D eigenvalue weighted by atomic mass is 16.6. The molecule has 3 atom stereocenters. The molecule has 1 aliphatic heterocycles. The first-order valence-corrected chi connectivity index (χ1v) is 8.56. The van der Waals surface area contributed by atoms with Crippen molar-refractivity contribution in [1.29, 1.82) is 0 Å². The van der Waals surface area contributed by atoms with Crippen LogP contribution in [0.15, 0.2) is 24.3 Å². The van der Waals surface area contributed by atoms with E-state index in [2.05, 4.69) is 5.32 Å². The molecule has 0 unspecified atom stereocenters. The van der Waals surface area contributed by atoms with Crippen molar-refractivity contribution in [2.45, 2.75) is 39.3 Å². The van der Waals surface area contributed by atoms with Crippen LogP contribution in [-0.4, -0.2) is 37.0 Å². The molecule has 6 heteroatoms. The summed E-state index contributed by atoms with van der Waals surface area (Å²) in [5.74, 6) is -2.57. The Bertz CT molecular complexity index is 639. The average Bonchev–Trinajstić information content (AvgIpc) is 2.89. The summed E-state index contributed by atoms with van der Waals surface area (Å²) in [5.41, 5.74) is 0.161. The fourth-order valence-corrected chi connectivity index (χ4v) is 3.53. The van der Waals surface area contributed by atoms with Gasteiger partial charge in [-0.2, -0.15) is 0 Å². The van der Waals surface area contributed by atoms with E-state index in [0.717, 1.165) is 17.4 Å². The number of benzene rings is 1. The number of esters is 2. The van der Waals surface area contributed by atoms with Crippen molar-refractivity contribution < 1.29 is 23.9 Å². The first kappa shape index (κ1) is 19.1. The molecule has 1 N–H and O–H groups in total.